The van der Waals surface area contributed by atoms with Gasteiger partial charge in [-0.25, -0.2) is 4.39 Å². The van der Waals surface area contributed by atoms with Gasteiger partial charge in [-0.05, 0) is 6.07 Å². The van der Waals surface area contributed by atoms with Crippen LogP contribution in [0.3, 0.4) is 0 Å². The first-order valence-electron chi connectivity index (χ1n) is 3.51. The molecule has 3 heteroatoms. The number of nitrogens with two attached hydrogens (primary N) is 1. The molecule has 0 aliphatic heterocycles. The molecule has 1 aromatic rings. The van der Waals surface area contributed by atoms with Crippen molar-refractivity contribution >= 4 is 0 Å². The van der Waals surface area contributed by atoms with Gasteiger partial charge >= 0.3 is 0 Å². The molecule has 0 saturated carbocycles. The molecule has 1 rings (SSSR count). The highest BCUT2D eigenvalue weighted by molar-refractivity contribution is 5.36. The minimum absolute atomic E-state index is 0.137. The van der Waals surface area contributed by atoms with Crippen molar-refractivity contribution in [3.63, 3.8) is 0 Å². The van der Waals surface area contributed by atoms with Gasteiger partial charge in [-0.1, -0.05) is 12.1 Å². The third kappa shape index (κ3) is 1.62. The minimum atomic E-state index is -0.479. The Hall–Kier alpha value is -1.35. The normalized spacial score (nSPS) is 12.5. The van der Waals surface area contributed by atoms with Gasteiger partial charge in [0.15, 0.2) is 0 Å². The zero-order chi connectivity index (χ0) is 9.14. The first-order chi connectivity index (χ1) is 5.65. The zero-order valence-electron chi connectivity index (χ0n) is 6.50. The Morgan fingerprint density at radius 1 is 1.58 bits per heavy atom. The second-order valence-electron chi connectivity index (χ2n) is 2.46. The molecule has 0 fully saturated rings. The lowest BCUT2D eigenvalue weighted by Gasteiger charge is -2.08. The SMILES string of the molecule is C=CC(N)c1ccc(F)cc1O. The fourth-order valence-electron chi connectivity index (χ4n) is 0.926. The topological polar surface area (TPSA) is 46.2 Å². The molecule has 0 amide bonds. The second kappa shape index (κ2) is 3.36. The number of phenols is 1. The summed E-state index contributed by atoms with van der Waals surface area (Å²) in [6.07, 6.45) is 1.48. The van der Waals surface area contributed by atoms with Gasteiger partial charge < -0.3 is 10.8 Å². The molecule has 0 aliphatic rings. The second-order valence-corrected chi connectivity index (χ2v) is 2.46. The van der Waals surface area contributed by atoms with Crippen LogP contribution in [0.2, 0.25) is 0 Å². The van der Waals surface area contributed by atoms with Crippen LogP contribution >= 0.6 is 0 Å². The molecule has 64 valence electrons. The van der Waals surface area contributed by atoms with Crippen LogP contribution < -0.4 is 5.73 Å². The Kier molecular flexibility index (Phi) is 2.45. The average Bonchev–Trinajstić information content (AvgIpc) is 2.03. The standard InChI is InChI=1S/C9H10FNO/c1-2-8(11)7-4-3-6(10)5-9(7)12/h2-5,8,12H,1,11H2. The van der Waals surface area contributed by atoms with E-state index in [0.717, 1.165) is 6.07 Å². The first-order valence-corrected chi connectivity index (χ1v) is 3.51. The highest BCUT2D eigenvalue weighted by atomic mass is 19.1. The summed E-state index contributed by atoms with van der Waals surface area (Å²) in [6, 6.07) is 3.26. The lowest BCUT2D eigenvalue weighted by molar-refractivity contribution is 0.459. The van der Waals surface area contributed by atoms with E-state index in [2.05, 4.69) is 6.58 Å². The zero-order valence-corrected chi connectivity index (χ0v) is 6.50. The Labute approximate surface area is 70.1 Å². The molecule has 0 spiro atoms. The fourth-order valence-corrected chi connectivity index (χ4v) is 0.926. The van der Waals surface area contributed by atoms with Crippen molar-refractivity contribution in [1.82, 2.24) is 0 Å². The molecule has 2 nitrogen and oxygen atoms in total. The van der Waals surface area contributed by atoms with Crippen molar-refractivity contribution in [3.05, 3.63) is 42.2 Å². The Bertz CT molecular complexity index is 299. The maximum atomic E-state index is 12.5. The first kappa shape index (κ1) is 8.74. The van der Waals surface area contributed by atoms with Crippen molar-refractivity contribution in [2.24, 2.45) is 5.73 Å². The van der Waals surface area contributed by atoms with Crippen molar-refractivity contribution in [1.29, 1.82) is 0 Å². The summed E-state index contributed by atoms with van der Waals surface area (Å²) < 4.78 is 12.5. The number of hydrogen-bond acceptors (Lipinski definition) is 2. The van der Waals surface area contributed by atoms with Crippen LogP contribution in [0.5, 0.6) is 5.75 Å². The van der Waals surface area contributed by atoms with Crippen molar-refractivity contribution in [2.45, 2.75) is 6.04 Å². The van der Waals surface area contributed by atoms with Crippen LogP contribution in [0.25, 0.3) is 0 Å². The van der Waals surface area contributed by atoms with E-state index in [1.807, 2.05) is 0 Å². The molecule has 12 heavy (non-hydrogen) atoms. The van der Waals surface area contributed by atoms with Gasteiger partial charge in [0.1, 0.15) is 11.6 Å². The highest BCUT2D eigenvalue weighted by Gasteiger charge is 2.07. The van der Waals surface area contributed by atoms with E-state index in [-0.39, 0.29) is 5.75 Å². The van der Waals surface area contributed by atoms with E-state index in [0.29, 0.717) is 5.56 Å². The van der Waals surface area contributed by atoms with Gasteiger partial charge in [0, 0.05) is 11.6 Å². The number of benzene rings is 1. The highest BCUT2D eigenvalue weighted by Crippen LogP contribution is 2.23. The number of rotatable bonds is 2. The monoisotopic (exact) mass is 167 g/mol. The van der Waals surface area contributed by atoms with Crippen molar-refractivity contribution < 1.29 is 9.50 Å². The van der Waals surface area contributed by atoms with Crippen LogP contribution in [0.1, 0.15) is 11.6 Å². The van der Waals surface area contributed by atoms with E-state index in [9.17, 15) is 9.50 Å². The lowest BCUT2D eigenvalue weighted by Crippen LogP contribution is -2.06. The Morgan fingerprint density at radius 3 is 2.75 bits per heavy atom. The molecule has 3 N–H and O–H groups in total. The predicted molar refractivity (Wildman–Crippen MR) is 45.2 cm³/mol. The molecule has 1 aromatic carbocycles. The molecule has 1 unspecified atom stereocenters. The van der Waals surface area contributed by atoms with E-state index in [1.165, 1.54) is 18.2 Å². The summed E-state index contributed by atoms with van der Waals surface area (Å²) in [5, 5.41) is 9.23. The van der Waals surface area contributed by atoms with Crippen LogP contribution in [0.15, 0.2) is 30.9 Å². The van der Waals surface area contributed by atoms with Crippen LogP contribution in [0.4, 0.5) is 4.39 Å². The summed E-state index contributed by atoms with van der Waals surface area (Å²) in [4.78, 5) is 0. The molecule has 0 aromatic heterocycles. The summed E-state index contributed by atoms with van der Waals surface area (Å²) in [5.74, 6) is -0.616. The van der Waals surface area contributed by atoms with Gasteiger partial charge in [0.25, 0.3) is 0 Å². The number of aromatic hydroxyl groups is 1. The Balaban J connectivity index is 3.09. The molecule has 0 aliphatic carbocycles. The Morgan fingerprint density at radius 2 is 2.25 bits per heavy atom. The van der Waals surface area contributed by atoms with Crippen molar-refractivity contribution in [2.75, 3.05) is 0 Å². The molecular weight excluding hydrogens is 157 g/mol. The number of phenolic OH excluding ortho intramolecular Hbond substituents is 1. The van der Waals surface area contributed by atoms with E-state index >= 15 is 0 Å². The molecule has 0 saturated heterocycles. The number of halogens is 1. The van der Waals surface area contributed by atoms with Gasteiger partial charge in [-0.2, -0.15) is 0 Å². The van der Waals surface area contributed by atoms with Crippen molar-refractivity contribution in [3.8, 4) is 5.75 Å². The van der Waals surface area contributed by atoms with Gasteiger partial charge in [0.05, 0.1) is 6.04 Å². The van der Waals surface area contributed by atoms with E-state index < -0.39 is 11.9 Å². The van der Waals surface area contributed by atoms with E-state index in [1.54, 1.807) is 0 Å². The smallest absolute Gasteiger partial charge is 0.126 e. The summed E-state index contributed by atoms with van der Waals surface area (Å²) in [7, 11) is 0. The maximum Gasteiger partial charge on any atom is 0.126 e. The third-order valence-electron chi connectivity index (χ3n) is 1.61. The lowest BCUT2D eigenvalue weighted by atomic mass is 10.1. The maximum absolute atomic E-state index is 12.5. The van der Waals surface area contributed by atoms with Crippen LogP contribution in [0, 0.1) is 5.82 Å². The van der Waals surface area contributed by atoms with Gasteiger partial charge in [0.2, 0.25) is 0 Å². The molecule has 1 atom stereocenters. The summed E-state index contributed by atoms with van der Waals surface area (Å²) in [6.45, 7) is 3.47. The molecular formula is C9H10FNO. The fraction of sp³-hybridized carbons (Fsp3) is 0.111. The average molecular weight is 167 g/mol. The van der Waals surface area contributed by atoms with Crippen LogP contribution in [-0.4, -0.2) is 5.11 Å². The predicted octanol–water partition coefficient (Wildman–Crippen LogP) is 1.72. The van der Waals surface area contributed by atoms with Crippen LogP contribution in [-0.2, 0) is 0 Å². The minimum Gasteiger partial charge on any atom is -0.507 e. The van der Waals surface area contributed by atoms with Gasteiger partial charge in [-0.15, -0.1) is 6.58 Å². The third-order valence-corrected chi connectivity index (χ3v) is 1.61. The summed E-state index contributed by atoms with van der Waals surface area (Å²) >= 11 is 0. The summed E-state index contributed by atoms with van der Waals surface area (Å²) in [5.41, 5.74) is 6.02. The van der Waals surface area contributed by atoms with E-state index in [4.69, 9.17) is 5.73 Å². The number of hydrogen-bond donors (Lipinski definition) is 2. The van der Waals surface area contributed by atoms with Gasteiger partial charge in [-0.3, -0.25) is 0 Å². The largest absolute Gasteiger partial charge is 0.507 e. The molecule has 0 radical (unpaired) electrons. The quantitative estimate of drug-likeness (QED) is 0.659. The molecule has 0 bridgehead atoms. The molecule has 0 heterocycles.